The largest absolute Gasteiger partial charge is 0.465 e. The fourth-order valence-corrected chi connectivity index (χ4v) is 4.65. The highest BCUT2D eigenvalue weighted by atomic mass is 31.2. The van der Waals surface area contributed by atoms with Gasteiger partial charge in [-0.25, -0.2) is 10.2 Å². The van der Waals surface area contributed by atoms with Gasteiger partial charge in [-0.2, -0.15) is 0 Å². The van der Waals surface area contributed by atoms with E-state index in [1.807, 2.05) is 27.7 Å². The molecule has 7 nitrogen and oxygen atoms in total. The van der Waals surface area contributed by atoms with Crippen LogP contribution in [0.4, 0.5) is 0 Å². The number of nitrogens with one attached hydrogen (secondary N) is 2. The van der Waals surface area contributed by atoms with Crippen molar-refractivity contribution in [3.8, 4) is 0 Å². The van der Waals surface area contributed by atoms with Crippen molar-refractivity contribution in [3.05, 3.63) is 0 Å². The van der Waals surface area contributed by atoms with Crippen LogP contribution in [0.25, 0.3) is 0 Å². The maximum absolute atomic E-state index is 13.7. The lowest BCUT2D eigenvalue weighted by molar-refractivity contribution is -0.146. The van der Waals surface area contributed by atoms with Crippen LogP contribution < -0.4 is 10.2 Å². The SMILES string of the molecule is CCOC(=O)[C@H](CC(C)C)NP(=O)(N[C@@H](CC(C)C)C(=O)OCC)C(C)C. The van der Waals surface area contributed by atoms with Gasteiger partial charge in [-0.3, -0.25) is 14.2 Å². The van der Waals surface area contributed by atoms with E-state index in [9.17, 15) is 14.2 Å². The van der Waals surface area contributed by atoms with Crippen LogP contribution in [0, 0.1) is 11.8 Å². The Morgan fingerprint density at radius 1 is 0.778 bits per heavy atom. The third-order valence-corrected chi connectivity index (χ3v) is 6.82. The Morgan fingerprint density at radius 2 is 1.11 bits per heavy atom. The molecule has 8 heteroatoms. The Hall–Kier alpha value is -0.910. The number of hydrogen-bond donors (Lipinski definition) is 2. The molecule has 0 aliphatic carbocycles. The van der Waals surface area contributed by atoms with Gasteiger partial charge in [0.25, 0.3) is 0 Å². The van der Waals surface area contributed by atoms with E-state index >= 15 is 0 Å². The van der Waals surface area contributed by atoms with E-state index in [1.165, 1.54) is 0 Å². The van der Waals surface area contributed by atoms with Gasteiger partial charge in [0.2, 0.25) is 7.44 Å². The van der Waals surface area contributed by atoms with Crippen LogP contribution in [0.3, 0.4) is 0 Å². The van der Waals surface area contributed by atoms with Gasteiger partial charge < -0.3 is 9.47 Å². The van der Waals surface area contributed by atoms with Crippen molar-refractivity contribution in [2.75, 3.05) is 13.2 Å². The van der Waals surface area contributed by atoms with E-state index in [0.29, 0.717) is 12.8 Å². The molecule has 0 amide bonds. The molecule has 0 aliphatic heterocycles. The van der Waals surface area contributed by atoms with Gasteiger partial charge in [0.15, 0.2) is 0 Å². The summed E-state index contributed by atoms with van der Waals surface area (Å²) >= 11 is 0. The molecule has 2 N–H and O–H groups in total. The van der Waals surface area contributed by atoms with E-state index in [-0.39, 0.29) is 30.7 Å². The summed E-state index contributed by atoms with van der Waals surface area (Å²) in [4.78, 5) is 24.7. The van der Waals surface area contributed by atoms with E-state index in [1.54, 1.807) is 27.7 Å². The second-order valence-corrected chi connectivity index (χ2v) is 10.7. The Labute approximate surface area is 164 Å². The van der Waals surface area contributed by atoms with E-state index in [0.717, 1.165) is 0 Å². The van der Waals surface area contributed by atoms with E-state index < -0.39 is 31.5 Å². The maximum Gasteiger partial charge on any atom is 0.323 e. The van der Waals surface area contributed by atoms with Crippen LogP contribution >= 0.6 is 7.44 Å². The fourth-order valence-electron chi connectivity index (χ4n) is 2.63. The van der Waals surface area contributed by atoms with Crippen LogP contribution in [0.1, 0.15) is 68.2 Å². The number of carbonyl (C=O) groups excluding carboxylic acids is 2. The van der Waals surface area contributed by atoms with Crippen molar-refractivity contribution in [1.29, 1.82) is 0 Å². The Bertz CT molecular complexity index is 470. The van der Waals surface area contributed by atoms with Crippen molar-refractivity contribution in [2.24, 2.45) is 11.8 Å². The Morgan fingerprint density at radius 3 is 1.33 bits per heavy atom. The average molecular weight is 407 g/mol. The number of esters is 2. The highest BCUT2D eigenvalue weighted by molar-refractivity contribution is 7.60. The second kappa shape index (κ2) is 12.5. The lowest BCUT2D eigenvalue weighted by atomic mass is 10.1. The molecule has 0 aliphatic rings. The number of ether oxygens (including phenoxy) is 2. The summed E-state index contributed by atoms with van der Waals surface area (Å²) in [6.07, 6.45) is 0.983. The van der Waals surface area contributed by atoms with Crippen LogP contribution in [-0.2, 0) is 23.6 Å². The minimum absolute atomic E-state index is 0.212. The summed E-state index contributed by atoms with van der Waals surface area (Å²) in [5.41, 5.74) is -0.314. The third-order valence-electron chi connectivity index (χ3n) is 3.98. The molecule has 0 heterocycles. The maximum atomic E-state index is 13.7. The van der Waals surface area contributed by atoms with Crippen LogP contribution in [-0.4, -0.2) is 42.9 Å². The minimum Gasteiger partial charge on any atom is -0.465 e. The smallest absolute Gasteiger partial charge is 0.323 e. The topological polar surface area (TPSA) is 93.7 Å². The summed E-state index contributed by atoms with van der Waals surface area (Å²) in [7, 11) is -3.27. The lowest BCUT2D eigenvalue weighted by Gasteiger charge is -2.32. The number of carbonyl (C=O) groups is 2. The molecule has 0 spiro atoms. The molecular weight excluding hydrogens is 367 g/mol. The molecule has 2 atom stereocenters. The van der Waals surface area contributed by atoms with Crippen molar-refractivity contribution in [1.82, 2.24) is 10.2 Å². The van der Waals surface area contributed by atoms with Crippen molar-refractivity contribution in [3.63, 3.8) is 0 Å². The first-order valence-corrected chi connectivity index (χ1v) is 11.7. The molecule has 160 valence electrons. The zero-order valence-corrected chi connectivity index (χ0v) is 19.1. The summed E-state index contributed by atoms with van der Waals surface area (Å²) in [6.45, 7) is 15.5. The molecule has 0 rings (SSSR count). The summed E-state index contributed by atoms with van der Waals surface area (Å²) in [6, 6.07) is -1.40. The Kier molecular flexibility index (Phi) is 12.1. The fraction of sp³-hybridized carbons (Fsp3) is 0.895. The summed E-state index contributed by atoms with van der Waals surface area (Å²) in [5.74, 6) is -0.427. The van der Waals surface area contributed by atoms with Crippen LogP contribution in [0.15, 0.2) is 0 Å². The van der Waals surface area contributed by atoms with Gasteiger partial charge in [0, 0.05) is 5.66 Å². The van der Waals surface area contributed by atoms with Gasteiger partial charge in [-0.05, 0) is 38.5 Å². The predicted molar refractivity (Wildman–Crippen MR) is 109 cm³/mol. The standard InChI is InChI=1S/C19H39N2O5P/c1-9-25-18(22)16(11-13(3)4)20-27(24,15(7)8)21-17(12-14(5)6)19(23)26-10-2/h13-17H,9-12H2,1-8H3,(H2,20,21,24)/t16-,17-/m0/s1. The number of rotatable bonds is 13. The first-order chi connectivity index (χ1) is 12.5. The van der Waals surface area contributed by atoms with Gasteiger partial charge in [0.1, 0.15) is 12.1 Å². The molecular formula is C19H39N2O5P. The first kappa shape index (κ1) is 26.1. The molecule has 0 aromatic carbocycles. The molecule has 0 radical (unpaired) electrons. The van der Waals surface area contributed by atoms with Crippen LogP contribution in [0.5, 0.6) is 0 Å². The summed E-state index contributed by atoms with van der Waals surface area (Å²) in [5, 5.41) is 6.02. The molecule has 27 heavy (non-hydrogen) atoms. The monoisotopic (exact) mass is 406 g/mol. The average Bonchev–Trinajstić information content (AvgIpc) is 2.53. The zero-order valence-electron chi connectivity index (χ0n) is 18.2. The zero-order chi connectivity index (χ0) is 21.2. The normalized spacial score (nSPS) is 14.5. The molecule has 0 aromatic rings. The summed E-state index contributed by atoms with van der Waals surface area (Å²) < 4.78 is 24.0. The second-order valence-electron chi connectivity index (χ2n) is 7.88. The molecule has 0 saturated carbocycles. The van der Waals surface area contributed by atoms with Crippen molar-refractivity contribution >= 4 is 19.4 Å². The van der Waals surface area contributed by atoms with Gasteiger partial charge in [0.05, 0.1) is 13.2 Å². The van der Waals surface area contributed by atoms with Gasteiger partial charge >= 0.3 is 11.9 Å². The van der Waals surface area contributed by atoms with Crippen molar-refractivity contribution < 1.29 is 23.6 Å². The quantitative estimate of drug-likeness (QED) is 0.356. The molecule has 0 saturated heterocycles. The highest BCUT2D eigenvalue weighted by Gasteiger charge is 2.37. The first-order valence-electron chi connectivity index (χ1n) is 9.95. The predicted octanol–water partition coefficient (Wildman–Crippen LogP) is 3.72. The molecule has 0 bridgehead atoms. The number of hydrogen-bond acceptors (Lipinski definition) is 5. The van der Waals surface area contributed by atoms with Gasteiger partial charge in [-0.1, -0.05) is 41.5 Å². The minimum atomic E-state index is -3.27. The van der Waals surface area contributed by atoms with E-state index in [4.69, 9.17) is 9.47 Å². The van der Waals surface area contributed by atoms with Crippen LogP contribution in [0.2, 0.25) is 0 Å². The lowest BCUT2D eigenvalue weighted by Crippen LogP contribution is -2.46. The third kappa shape index (κ3) is 9.72. The highest BCUT2D eigenvalue weighted by Crippen LogP contribution is 2.44. The van der Waals surface area contributed by atoms with Gasteiger partial charge in [-0.15, -0.1) is 0 Å². The molecule has 0 fully saturated rings. The molecule has 0 aromatic heterocycles. The molecule has 0 unspecified atom stereocenters. The van der Waals surface area contributed by atoms with Crippen molar-refractivity contribution in [2.45, 2.75) is 86.0 Å². The van der Waals surface area contributed by atoms with E-state index in [2.05, 4.69) is 10.2 Å². The Balaban J connectivity index is 5.59.